The Morgan fingerprint density at radius 3 is 2.34 bits per heavy atom. The van der Waals surface area contributed by atoms with Crippen LogP contribution < -0.4 is 10.6 Å². The molecular formula is C25H38N2O5. The molecule has 0 radical (unpaired) electrons. The van der Waals surface area contributed by atoms with Crippen LogP contribution in [0.5, 0.6) is 11.5 Å². The van der Waals surface area contributed by atoms with Gasteiger partial charge in [-0.25, -0.2) is 4.79 Å². The van der Waals surface area contributed by atoms with Gasteiger partial charge in [-0.05, 0) is 67.0 Å². The number of fused-ring (bicyclic) bond motifs is 1. The van der Waals surface area contributed by atoms with Gasteiger partial charge in [-0.15, -0.1) is 0 Å². The number of phenolic OH excluding ortho intramolecular Hbond substituents is 2. The van der Waals surface area contributed by atoms with Gasteiger partial charge < -0.3 is 26.0 Å². The van der Waals surface area contributed by atoms with Crippen molar-refractivity contribution >= 4 is 11.9 Å². The van der Waals surface area contributed by atoms with E-state index in [0.717, 1.165) is 25.7 Å². The highest BCUT2D eigenvalue weighted by molar-refractivity contribution is 5.99. The highest BCUT2D eigenvalue weighted by atomic mass is 16.4. The highest BCUT2D eigenvalue weighted by Gasteiger charge is 2.58. The normalized spacial score (nSPS) is 31.5. The summed E-state index contributed by atoms with van der Waals surface area (Å²) in [7, 11) is 0. The molecule has 2 fully saturated rings. The van der Waals surface area contributed by atoms with Gasteiger partial charge in [-0.2, -0.15) is 0 Å². The topological polar surface area (TPSA) is 119 Å². The van der Waals surface area contributed by atoms with E-state index < -0.39 is 6.09 Å². The maximum Gasteiger partial charge on any atom is 0.404 e. The van der Waals surface area contributed by atoms with Crippen molar-refractivity contribution in [2.24, 2.45) is 28.6 Å². The van der Waals surface area contributed by atoms with Gasteiger partial charge in [0.1, 0.15) is 11.5 Å². The second kappa shape index (κ2) is 9.30. The minimum atomic E-state index is -1.02. The number of rotatable bonds is 7. The van der Waals surface area contributed by atoms with Crippen molar-refractivity contribution < 1.29 is 24.9 Å². The number of aromatic hydroxyl groups is 2. The summed E-state index contributed by atoms with van der Waals surface area (Å²) in [5.41, 5.74) is 0.300. The predicted molar refractivity (Wildman–Crippen MR) is 123 cm³/mol. The van der Waals surface area contributed by atoms with Crippen LogP contribution in [-0.4, -0.2) is 46.3 Å². The number of hydrogen-bond donors (Lipinski definition) is 5. The molecule has 0 aliphatic heterocycles. The lowest BCUT2D eigenvalue weighted by Crippen LogP contribution is -2.60. The molecule has 7 heteroatoms. The van der Waals surface area contributed by atoms with Gasteiger partial charge in [-0.3, -0.25) is 4.79 Å². The van der Waals surface area contributed by atoms with Crippen molar-refractivity contribution in [1.29, 1.82) is 0 Å². The first kappa shape index (κ1) is 24.4. The molecule has 0 bridgehead atoms. The van der Waals surface area contributed by atoms with Gasteiger partial charge in [0.25, 0.3) is 0 Å². The van der Waals surface area contributed by atoms with Crippen LogP contribution in [0.2, 0.25) is 0 Å². The summed E-state index contributed by atoms with van der Waals surface area (Å²) in [5.74, 6) is -0.0557. The highest BCUT2D eigenvalue weighted by Crippen LogP contribution is 2.61. The molecule has 1 aromatic rings. The number of Topliss-reactive ketones (excluding diaryl/α,β-unsaturated/α-hetero) is 1. The molecule has 0 heterocycles. The lowest BCUT2D eigenvalue weighted by atomic mass is 9.45. The van der Waals surface area contributed by atoms with Gasteiger partial charge in [0.15, 0.2) is 5.78 Å². The fraction of sp³-hybridized carbons (Fsp3) is 0.680. The minimum absolute atomic E-state index is 0.0204. The largest absolute Gasteiger partial charge is 0.508 e. The molecule has 2 saturated carbocycles. The van der Waals surface area contributed by atoms with Gasteiger partial charge in [0, 0.05) is 30.1 Å². The SMILES string of the molecule is C[C@@H]1[C@H](NCCCNC(=O)O)C[C@H]2C(C)(C)CCC[C@]2(C)[C@H]1C(=O)c1cc(O)cc(O)c1. The van der Waals surface area contributed by atoms with Crippen molar-refractivity contribution in [3.63, 3.8) is 0 Å². The lowest BCUT2D eigenvalue weighted by Gasteiger charge is -2.60. The van der Waals surface area contributed by atoms with E-state index in [4.69, 9.17) is 5.11 Å². The standard InChI is InChI=1S/C25H38N2O5/c1-15-19(26-9-6-10-27-23(31)32)14-20-24(2,3)7-5-8-25(20,4)21(15)22(30)16-11-17(28)13-18(29)12-16/h11-13,15,19-21,26-29H,5-10,14H2,1-4H3,(H,31,32)/t15-,19-,20+,21-,25+/m1/s1. The predicted octanol–water partition coefficient (Wildman–Crippen LogP) is 4.39. The summed E-state index contributed by atoms with van der Waals surface area (Å²) in [5, 5.41) is 34.7. The van der Waals surface area contributed by atoms with E-state index in [1.807, 2.05) is 0 Å². The van der Waals surface area contributed by atoms with Gasteiger partial charge in [-0.1, -0.05) is 34.1 Å². The fourth-order valence-electron chi connectivity index (χ4n) is 6.72. The minimum Gasteiger partial charge on any atom is -0.508 e. The molecule has 1 amide bonds. The molecule has 0 aromatic heterocycles. The smallest absolute Gasteiger partial charge is 0.404 e. The summed E-state index contributed by atoms with van der Waals surface area (Å²) < 4.78 is 0. The number of ketones is 1. The third-order valence-electron chi connectivity index (χ3n) is 8.14. The molecular weight excluding hydrogens is 408 g/mol. The third-order valence-corrected chi connectivity index (χ3v) is 8.14. The van der Waals surface area contributed by atoms with Gasteiger partial charge >= 0.3 is 6.09 Å². The Labute approximate surface area is 190 Å². The molecule has 0 unspecified atom stereocenters. The molecule has 0 spiro atoms. The van der Waals surface area contributed by atoms with Crippen LogP contribution in [-0.2, 0) is 0 Å². The van der Waals surface area contributed by atoms with E-state index in [1.165, 1.54) is 18.2 Å². The molecule has 1 aromatic carbocycles. The summed E-state index contributed by atoms with van der Waals surface area (Å²) in [6, 6.07) is 4.28. The molecule has 0 saturated heterocycles. The maximum atomic E-state index is 13.9. The molecule has 2 aliphatic rings. The average Bonchev–Trinajstić information content (AvgIpc) is 2.67. The number of benzene rings is 1. The van der Waals surface area contributed by atoms with Crippen molar-refractivity contribution in [3.8, 4) is 11.5 Å². The maximum absolute atomic E-state index is 13.9. The van der Waals surface area contributed by atoms with Crippen LogP contribution in [0.3, 0.4) is 0 Å². The Hall–Kier alpha value is -2.28. The number of carbonyl (C=O) groups is 2. The number of carboxylic acid groups (broad SMARTS) is 1. The molecule has 7 nitrogen and oxygen atoms in total. The van der Waals surface area contributed by atoms with E-state index in [-0.39, 0.29) is 46.0 Å². The van der Waals surface area contributed by atoms with E-state index >= 15 is 0 Å². The number of carbonyl (C=O) groups excluding carboxylic acids is 1. The number of nitrogens with one attached hydrogen (secondary N) is 2. The van der Waals surface area contributed by atoms with Gasteiger partial charge in [0.2, 0.25) is 0 Å². The summed E-state index contributed by atoms with van der Waals surface area (Å²) in [6.45, 7) is 10.1. The van der Waals surface area contributed by atoms with Crippen LogP contribution in [0.15, 0.2) is 18.2 Å². The monoisotopic (exact) mass is 446 g/mol. The van der Waals surface area contributed by atoms with E-state index in [2.05, 4.69) is 38.3 Å². The molecule has 5 atom stereocenters. The number of phenols is 2. The molecule has 2 aliphatic carbocycles. The molecule has 3 rings (SSSR count). The Bertz CT molecular complexity index is 834. The van der Waals surface area contributed by atoms with Gasteiger partial charge in [0.05, 0.1) is 0 Å². The first-order valence-electron chi connectivity index (χ1n) is 11.7. The average molecular weight is 447 g/mol. The molecule has 178 valence electrons. The van der Waals surface area contributed by atoms with E-state index in [1.54, 1.807) is 0 Å². The van der Waals surface area contributed by atoms with Crippen molar-refractivity contribution in [2.45, 2.75) is 65.8 Å². The van der Waals surface area contributed by atoms with Crippen LogP contribution in [0.25, 0.3) is 0 Å². The zero-order valence-electron chi connectivity index (χ0n) is 19.6. The molecule has 32 heavy (non-hydrogen) atoms. The van der Waals surface area contributed by atoms with Crippen molar-refractivity contribution in [1.82, 2.24) is 10.6 Å². The Morgan fingerprint density at radius 1 is 1.06 bits per heavy atom. The summed E-state index contributed by atoms with van der Waals surface area (Å²) in [6.07, 6.45) is 3.84. The van der Waals surface area contributed by atoms with E-state index in [9.17, 15) is 19.8 Å². The second-order valence-electron chi connectivity index (χ2n) is 10.7. The Morgan fingerprint density at radius 2 is 1.72 bits per heavy atom. The first-order valence-corrected chi connectivity index (χ1v) is 11.7. The van der Waals surface area contributed by atoms with E-state index in [0.29, 0.717) is 31.0 Å². The zero-order valence-corrected chi connectivity index (χ0v) is 19.6. The fourth-order valence-corrected chi connectivity index (χ4v) is 6.72. The zero-order chi connectivity index (χ0) is 23.7. The Balaban J connectivity index is 1.89. The van der Waals surface area contributed by atoms with Crippen LogP contribution in [0.1, 0.15) is 70.2 Å². The molecule has 5 N–H and O–H groups in total. The summed E-state index contributed by atoms with van der Waals surface area (Å²) in [4.78, 5) is 24.5. The lowest BCUT2D eigenvalue weighted by molar-refractivity contribution is -0.0914. The van der Waals surface area contributed by atoms with Crippen LogP contribution in [0, 0.1) is 28.6 Å². The summed E-state index contributed by atoms with van der Waals surface area (Å²) >= 11 is 0. The quantitative estimate of drug-likeness (QED) is 0.313. The third kappa shape index (κ3) is 4.87. The second-order valence-corrected chi connectivity index (χ2v) is 10.7. The number of amides is 1. The van der Waals surface area contributed by atoms with Crippen LogP contribution >= 0.6 is 0 Å². The first-order chi connectivity index (χ1) is 15.0. The van der Waals surface area contributed by atoms with Crippen LogP contribution in [0.4, 0.5) is 4.79 Å². The van der Waals surface area contributed by atoms with Crippen molar-refractivity contribution in [3.05, 3.63) is 23.8 Å². The Kier molecular flexibility index (Phi) is 7.08. The van der Waals surface area contributed by atoms with Crippen molar-refractivity contribution in [2.75, 3.05) is 13.1 Å². The number of hydrogen-bond acceptors (Lipinski definition) is 5.